The van der Waals surface area contributed by atoms with E-state index in [0.29, 0.717) is 22.1 Å². The fourth-order valence-corrected chi connectivity index (χ4v) is 5.06. The predicted molar refractivity (Wildman–Crippen MR) is 128 cm³/mol. The number of hydrogen-bond donors (Lipinski definition) is 3. The third-order valence-electron chi connectivity index (χ3n) is 6.50. The van der Waals surface area contributed by atoms with Crippen LogP contribution >= 0.6 is 23.2 Å². The average molecular weight is 458 g/mol. The maximum Gasteiger partial charge on any atom is 0.113 e. The SMILES string of the molecule is Clc1cc2nc(C3CCNCC3)n(Cc3ccc(CNC4CCCN4)cc3)c2cc1Cl. The van der Waals surface area contributed by atoms with Crippen molar-refractivity contribution in [1.82, 2.24) is 25.5 Å². The fourth-order valence-electron chi connectivity index (χ4n) is 4.74. The van der Waals surface area contributed by atoms with Crippen molar-refractivity contribution in [2.24, 2.45) is 0 Å². The molecule has 3 aromatic rings. The molecule has 1 aromatic heterocycles. The van der Waals surface area contributed by atoms with Crippen molar-refractivity contribution in [1.29, 1.82) is 0 Å². The Morgan fingerprint density at radius 2 is 1.71 bits per heavy atom. The van der Waals surface area contributed by atoms with Gasteiger partial charge in [0.05, 0.1) is 27.2 Å². The number of fused-ring (bicyclic) bond motifs is 1. The zero-order valence-electron chi connectivity index (χ0n) is 17.6. The topological polar surface area (TPSA) is 53.9 Å². The summed E-state index contributed by atoms with van der Waals surface area (Å²) in [6.07, 6.45) is 5.11. The second-order valence-electron chi connectivity index (χ2n) is 8.68. The number of aromatic nitrogens is 2. The van der Waals surface area contributed by atoms with Gasteiger partial charge in [0.2, 0.25) is 0 Å². The number of imidazole rings is 1. The van der Waals surface area contributed by atoms with Crippen molar-refractivity contribution in [3.63, 3.8) is 0 Å². The van der Waals surface area contributed by atoms with Crippen LogP contribution in [0.4, 0.5) is 0 Å². The number of halogens is 2. The Morgan fingerprint density at radius 3 is 2.45 bits per heavy atom. The molecule has 2 aromatic carbocycles. The molecule has 2 fully saturated rings. The maximum absolute atomic E-state index is 6.37. The van der Waals surface area contributed by atoms with E-state index in [4.69, 9.17) is 28.2 Å². The molecule has 3 N–H and O–H groups in total. The van der Waals surface area contributed by atoms with Crippen molar-refractivity contribution in [3.8, 4) is 0 Å². The summed E-state index contributed by atoms with van der Waals surface area (Å²) < 4.78 is 2.34. The molecule has 0 saturated carbocycles. The van der Waals surface area contributed by atoms with Crippen LogP contribution in [0.3, 0.4) is 0 Å². The number of nitrogens with zero attached hydrogens (tertiary/aromatic N) is 2. The van der Waals surface area contributed by atoms with Crippen LogP contribution in [0, 0.1) is 0 Å². The molecule has 1 atom stereocenters. The predicted octanol–water partition coefficient (Wildman–Crippen LogP) is 4.66. The third-order valence-corrected chi connectivity index (χ3v) is 7.22. The van der Waals surface area contributed by atoms with Gasteiger partial charge >= 0.3 is 0 Å². The highest BCUT2D eigenvalue weighted by atomic mass is 35.5. The van der Waals surface area contributed by atoms with Gasteiger partial charge in [-0.3, -0.25) is 5.32 Å². The lowest BCUT2D eigenvalue weighted by atomic mass is 9.97. The Balaban J connectivity index is 1.39. The van der Waals surface area contributed by atoms with Crippen molar-refractivity contribution in [2.75, 3.05) is 19.6 Å². The summed E-state index contributed by atoms with van der Waals surface area (Å²) in [5.41, 5.74) is 4.55. The van der Waals surface area contributed by atoms with Gasteiger partial charge in [-0.1, -0.05) is 47.5 Å². The van der Waals surface area contributed by atoms with E-state index in [9.17, 15) is 0 Å². The van der Waals surface area contributed by atoms with Gasteiger partial charge in [0.1, 0.15) is 5.82 Å². The summed E-state index contributed by atoms with van der Waals surface area (Å²) in [6.45, 7) is 4.86. The summed E-state index contributed by atoms with van der Waals surface area (Å²) >= 11 is 12.7. The van der Waals surface area contributed by atoms with Gasteiger partial charge in [0.25, 0.3) is 0 Å². The quantitative estimate of drug-likeness (QED) is 0.503. The van der Waals surface area contributed by atoms with Crippen LogP contribution in [0.5, 0.6) is 0 Å². The molecular formula is C24H29Cl2N5. The van der Waals surface area contributed by atoms with Gasteiger partial charge < -0.3 is 15.2 Å². The summed E-state index contributed by atoms with van der Waals surface area (Å²) in [5, 5.41) is 11.7. The molecule has 1 unspecified atom stereocenters. The average Bonchev–Trinajstić information content (AvgIpc) is 3.43. The third kappa shape index (κ3) is 4.76. The Morgan fingerprint density at radius 1 is 0.968 bits per heavy atom. The number of nitrogens with one attached hydrogen (secondary N) is 3. The first kappa shape index (κ1) is 21.2. The summed E-state index contributed by atoms with van der Waals surface area (Å²) in [6, 6.07) is 12.8. The molecule has 7 heteroatoms. The molecule has 5 nitrogen and oxygen atoms in total. The van der Waals surface area contributed by atoms with E-state index in [-0.39, 0.29) is 0 Å². The number of piperidine rings is 1. The summed E-state index contributed by atoms with van der Waals surface area (Å²) in [7, 11) is 0. The highest BCUT2D eigenvalue weighted by molar-refractivity contribution is 6.42. The van der Waals surface area contributed by atoms with Crippen LogP contribution in [-0.4, -0.2) is 35.4 Å². The molecule has 2 aliphatic heterocycles. The molecule has 0 amide bonds. The standard InChI is InChI=1S/C24H29Cl2N5/c25-19-12-21-22(13-20(19)26)31(24(30-21)18-7-10-27-11-8-18)15-17-5-3-16(4-6-17)14-29-23-2-1-9-28-23/h3-6,12-13,18,23,27-29H,1-2,7-11,14-15H2. The van der Waals surface area contributed by atoms with E-state index < -0.39 is 0 Å². The molecule has 5 rings (SSSR count). The lowest BCUT2D eigenvalue weighted by molar-refractivity contribution is 0.435. The monoisotopic (exact) mass is 457 g/mol. The number of rotatable bonds is 6. The smallest absolute Gasteiger partial charge is 0.113 e. The number of benzene rings is 2. The van der Waals surface area contributed by atoms with Crippen molar-refractivity contribution in [3.05, 3.63) is 63.4 Å². The molecular weight excluding hydrogens is 429 g/mol. The van der Waals surface area contributed by atoms with Gasteiger partial charge in [-0.2, -0.15) is 0 Å². The minimum absolute atomic E-state index is 0.445. The molecule has 2 aliphatic rings. The molecule has 3 heterocycles. The van der Waals surface area contributed by atoms with Crippen molar-refractivity contribution < 1.29 is 0 Å². The Bertz CT molecular complexity index is 1030. The first-order valence-corrected chi connectivity index (χ1v) is 12.0. The number of hydrogen-bond acceptors (Lipinski definition) is 4. The van der Waals surface area contributed by atoms with Gasteiger partial charge in [-0.05, 0) is 68.6 Å². The fraction of sp³-hybridized carbons (Fsp3) is 0.458. The first-order chi connectivity index (χ1) is 15.2. The van der Waals surface area contributed by atoms with Gasteiger partial charge in [0.15, 0.2) is 0 Å². The van der Waals surface area contributed by atoms with Crippen LogP contribution in [0.1, 0.15) is 48.6 Å². The molecule has 2 saturated heterocycles. The van der Waals surface area contributed by atoms with Crippen LogP contribution in [0.2, 0.25) is 10.0 Å². The second-order valence-corrected chi connectivity index (χ2v) is 9.50. The maximum atomic E-state index is 6.37. The van der Waals surface area contributed by atoms with E-state index in [2.05, 4.69) is 44.8 Å². The van der Waals surface area contributed by atoms with Gasteiger partial charge in [-0.25, -0.2) is 4.98 Å². The van der Waals surface area contributed by atoms with Crippen LogP contribution in [0.25, 0.3) is 11.0 Å². The van der Waals surface area contributed by atoms with Crippen LogP contribution in [0.15, 0.2) is 36.4 Å². The van der Waals surface area contributed by atoms with Crippen LogP contribution < -0.4 is 16.0 Å². The molecule has 0 spiro atoms. The Hall–Kier alpha value is -1.63. The summed E-state index contributed by atoms with van der Waals surface area (Å²) in [5.74, 6) is 1.60. The molecule has 31 heavy (non-hydrogen) atoms. The lowest BCUT2D eigenvalue weighted by Gasteiger charge is -2.23. The largest absolute Gasteiger partial charge is 0.323 e. The summed E-state index contributed by atoms with van der Waals surface area (Å²) in [4.78, 5) is 5.00. The van der Waals surface area contributed by atoms with E-state index in [1.54, 1.807) is 0 Å². The lowest BCUT2D eigenvalue weighted by Crippen LogP contribution is -2.36. The zero-order chi connectivity index (χ0) is 21.2. The van der Waals surface area contributed by atoms with Gasteiger partial charge in [-0.15, -0.1) is 0 Å². The molecule has 0 bridgehead atoms. The normalized spacial score (nSPS) is 20.0. The van der Waals surface area contributed by atoms with E-state index >= 15 is 0 Å². The highest BCUT2D eigenvalue weighted by Gasteiger charge is 2.23. The van der Waals surface area contributed by atoms with E-state index in [1.165, 1.54) is 24.0 Å². The molecule has 0 aliphatic carbocycles. The first-order valence-electron chi connectivity index (χ1n) is 11.3. The highest BCUT2D eigenvalue weighted by Crippen LogP contribution is 2.33. The minimum atomic E-state index is 0.445. The second kappa shape index (κ2) is 9.47. The van der Waals surface area contributed by atoms with Crippen molar-refractivity contribution >= 4 is 34.2 Å². The van der Waals surface area contributed by atoms with E-state index in [1.807, 2.05) is 12.1 Å². The minimum Gasteiger partial charge on any atom is -0.323 e. The van der Waals surface area contributed by atoms with Crippen molar-refractivity contribution in [2.45, 2.75) is 50.9 Å². The Labute approximate surface area is 193 Å². The zero-order valence-corrected chi connectivity index (χ0v) is 19.1. The molecule has 164 valence electrons. The van der Waals surface area contributed by atoms with Gasteiger partial charge in [0, 0.05) is 19.0 Å². The molecule has 0 radical (unpaired) electrons. The van der Waals surface area contributed by atoms with Crippen LogP contribution in [-0.2, 0) is 13.1 Å². The Kier molecular flexibility index (Phi) is 6.49. The van der Waals surface area contributed by atoms with E-state index in [0.717, 1.165) is 62.4 Å².